The molecule has 0 saturated carbocycles. The topological polar surface area (TPSA) is 92.8 Å². The van der Waals surface area contributed by atoms with Crippen LogP contribution < -0.4 is 14.4 Å². The largest absolute Gasteiger partial charge is 0.497 e. The maximum atomic E-state index is 12.2. The predicted octanol–water partition coefficient (Wildman–Crippen LogP) is 2.69. The summed E-state index contributed by atoms with van der Waals surface area (Å²) in [6.07, 6.45) is 1.07. The van der Waals surface area contributed by atoms with Crippen LogP contribution in [0, 0.1) is 0 Å². The molecule has 2 aromatic carbocycles. The van der Waals surface area contributed by atoms with Gasteiger partial charge < -0.3 is 10.1 Å². The molecule has 0 unspecified atom stereocenters. The van der Waals surface area contributed by atoms with Crippen LogP contribution in [0.5, 0.6) is 5.75 Å². The Labute approximate surface area is 159 Å². The van der Waals surface area contributed by atoms with Crippen LogP contribution in [0.15, 0.2) is 48.5 Å². The monoisotopic (exact) mass is 390 g/mol. The zero-order valence-corrected chi connectivity index (χ0v) is 16.2. The highest BCUT2D eigenvalue weighted by molar-refractivity contribution is 7.92. The van der Waals surface area contributed by atoms with E-state index in [1.165, 1.54) is 18.3 Å². The highest BCUT2D eigenvalue weighted by Crippen LogP contribution is 2.22. The normalized spacial score (nSPS) is 10.9. The van der Waals surface area contributed by atoms with E-state index in [9.17, 15) is 18.0 Å². The molecule has 2 rings (SSSR count). The number of nitrogens with one attached hydrogen (secondary N) is 1. The summed E-state index contributed by atoms with van der Waals surface area (Å²) in [7, 11) is -2.02. The smallest absolute Gasteiger partial charge is 0.232 e. The van der Waals surface area contributed by atoms with Gasteiger partial charge in [0, 0.05) is 24.2 Å². The number of carbonyl (C=O) groups excluding carboxylic acids is 2. The first kappa shape index (κ1) is 20.4. The van der Waals surface area contributed by atoms with Crippen molar-refractivity contribution < 1.29 is 22.7 Å². The van der Waals surface area contributed by atoms with Crippen molar-refractivity contribution in [3.05, 3.63) is 54.1 Å². The molecule has 0 heterocycles. The molecule has 0 spiro atoms. The van der Waals surface area contributed by atoms with Gasteiger partial charge in [0.15, 0.2) is 5.78 Å². The predicted molar refractivity (Wildman–Crippen MR) is 105 cm³/mol. The average Bonchev–Trinajstić information content (AvgIpc) is 2.61. The molecule has 0 aliphatic rings. The Kier molecular flexibility index (Phi) is 6.57. The van der Waals surface area contributed by atoms with E-state index in [0.29, 0.717) is 22.7 Å². The summed E-state index contributed by atoms with van der Waals surface area (Å²) in [6.45, 7) is 1.47. The Hall–Kier alpha value is -2.87. The number of nitrogens with zero attached hydrogens (tertiary/aromatic N) is 1. The van der Waals surface area contributed by atoms with Gasteiger partial charge in [0.2, 0.25) is 15.9 Å². The third-order valence-corrected chi connectivity index (χ3v) is 5.07. The Bertz CT molecular complexity index is 906. The Morgan fingerprint density at radius 3 is 2.11 bits per heavy atom. The van der Waals surface area contributed by atoms with E-state index < -0.39 is 10.0 Å². The van der Waals surface area contributed by atoms with Gasteiger partial charge in [0.25, 0.3) is 0 Å². The maximum Gasteiger partial charge on any atom is 0.232 e. The van der Waals surface area contributed by atoms with Crippen molar-refractivity contribution in [1.29, 1.82) is 0 Å². The van der Waals surface area contributed by atoms with Crippen molar-refractivity contribution in [2.75, 3.05) is 29.5 Å². The molecule has 0 aromatic heterocycles. The third-order valence-electron chi connectivity index (χ3n) is 3.88. The first-order chi connectivity index (χ1) is 12.7. The van der Waals surface area contributed by atoms with Crippen LogP contribution in [0.25, 0.3) is 0 Å². The molecule has 27 heavy (non-hydrogen) atoms. The van der Waals surface area contributed by atoms with Gasteiger partial charge in [-0.3, -0.25) is 13.9 Å². The van der Waals surface area contributed by atoms with Gasteiger partial charge in [-0.2, -0.15) is 0 Å². The number of methoxy groups -OCH3 is 1. The molecule has 1 N–H and O–H groups in total. The number of carbonyl (C=O) groups is 2. The van der Waals surface area contributed by atoms with Crippen molar-refractivity contribution in [3.63, 3.8) is 0 Å². The summed E-state index contributed by atoms with van der Waals surface area (Å²) in [5, 5.41) is 2.69. The van der Waals surface area contributed by atoms with Crippen molar-refractivity contribution in [2.24, 2.45) is 0 Å². The van der Waals surface area contributed by atoms with Crippen molar-refractivity contribution in [1.82, 2.24) is 0 Å². The number of amides is 1. The van der Waals surface area contributed by atoms with E-state index in [0.717, 1.165) is 6.26 Å². The van der Waals surface area contributed by atoms with Crippen LogP contribution in [0.3, 0.4) is 0 Å². The van der Waals surface area contributed by atoms with E-state index >= 15 is 0 Å². The molecule has 144 valence electrons. The SMILES string of the molecule is COc1ccc(N(CCC(=O)Nc2ccc(C(C)=O)cc2)S(C)(=O)=O)cc1. The fourth-order valence-electron chi connectivity index (χ4n) is 2.45. The number of ether oxygens (including phenoxy) is 1. The van der Waals surface area contributed by atoms with E-state index in [1.807, 2.05) is 0 Å². The van der Waals surface area contributed by atoms with Crippen molar-refractivity contribution in [3.8, 4) is 5.75 Å². The van der Waals surface area contributed by atoms with E-state index in [4.69, 9.17) is 4.74 Å². The summed E-state index contributed by atoms with van der Waals surface area (Å²) >= 11 is 0. The van der Waals surface area contributed by atoms with Gasteiger partial charge in [-0.25, -0.2) is 8.42 Å². The lowest BCUT2D eigenvalue weighted by atomic mass is 10.1. The molecule has 0 atom stereocenters. The lowest BCUT2D eigenvalue weighted by molar-refractivity contribution is -0.116. The molecule has 1 amide bonds. The molecule has 7 nitrogen and oxygen atoms in total. The summed E-state index contributed by atoms with van der Waals surface area (Å²) in [4.78, 5) is 23.4. The van der Waals surface area contributed by atoms with Crippen LogP contribution in [0.2, 0.25) is 0 Å². The lowest BCUT2D eigenvalue weighted by Crippen LogP contribution is -2.33. The molecular weight excluding hydrogens is 368 g/mol. The number of hydrogen-bond donors (Lipinski definition) is 1. The van der Waals surface area contributed by atoms with Gasteiger partial charge in [-0.1, -0.05) is 0 Å². The maximum absolute atomic E-state index is 12.2. The molecule has 8 heteroatoms. The van der Waals surface area contributed by atoms with Gasteiger partial charge in [0.1, 0.15) is 5.75 Å². The zero-order chi connectivity index (χ0) is 20.0. The van der Waals surface area contributed by atoms with Gasteiger partial charge in [0.05, 0.1) is 19.1 Å². The molecule has 0 aliphatic heterocycles. The summed E-state index contributed by atoms with van der Waals surface area (Å²) in [5.74, 6) is 0.225. The number of anilines is 2. The molecule has 0 bridgehead atoms. The highest BCUT2D eigenvalue weighted by atomic mass is 32.2. The van der Waals surface area contributed by atoms with Crippen LogP contribution >= 0.6 is 0 Å². The molecule has 0 radical (unpaired) electrons. The highest BCUT2D eigenvalue weighted by Gasteiger charge is 2.18. The fraction of sp³-hybridized carbons (Fsp3) is 0.263. The number of Topliss-reactive ketones (excluding diaryl/α,β-unsaturated/α-hetero) is 1. The van der Waals surface area contributed by atoms with Crippen molar-refractivity contribution >= 4 is 33.1 Å². The summed E-state index contributed by atoms with van der Waals surface area (Å²) in [5.41, 5.74) is 1.55. The summed E-state index contributed by atoms with van der Waals surface area (Å²) < 4.78 is 30.4. The van der Waals surface area contributed by atoms with Crippen molar-refractivity contribution in [2.45, 2.75) is 13.3 Å². The minimum atomic E-state index is -3.55. The molecular formula is C19H22N2O5S. The van der Waals surface area contributed by atoms with E-state index in [-0.39, 0.29) is 24.7 Å². The Balaban J connectivity index is 2.03. The zero-order valence-electron chi connectivity index (χ0n) is 15.4. The van der Waals surface area contributed by atoms with Gasteiger partial charge in [-0.15, -0.1) is 0 Å². The second kappa shape index (κ2) is 8.68. The molecule has 0 fully saturated rings. The van der Waals surface area contributed by atoms with Crippen LogP contribution in [0.4, 0.5) is 11.4 Å². The lowest BCUT2D eigenvalue weighted by Gasteiger charge is -2.22. The quantitative estimate of drug-likeness (QED) is 0.700. The average molecular weight is 390 g/mol. The Morgan fingerprint density at radius 1 is 1.04 bits per heavy atom. The Morgan fingerprint density at radius 2 is 1.63 bits per heavy atom. The fourth-order valence-corrected chi connectivity index (χ4v) is 3.38. The number of sulfonamides is 1. The van der Waals surface area contributed by atoms with Crippen LogP contribution in [-0.4, -0.2) is 40.0 Å². The molecule has 2 aromatic rings. The molecule has 0 saturated heterocycles. The summed E-state index contributed by atoms with van der Waals surface area (Å²) in [6, 6.07) is 13.1. The van der Waals surface area contributed by atoms with Crippen LogP contribution in [-0.2, 0) is 14.8 Å². The molecule has 0 aliphatic carbocycles. The van der Waals surface area contributed by atoms with Gasteiger partial charge in [-0.05, 0) is 55.5 Å². The second-order valence-corrected chi connectivity index (χ2v) is 7.87. The van der Waals surface area contributed by atoms with E-state index in [1.54, 1.807) is 48.5 Å². The number of benzene rings is 2. The number of ketones is 1. The van der Waals surface area contributed by atoms with Gasteiger partial charge >= 0.3 is 0 Å². The first-order valence-electron chi connectivity index (χ1n) is 8.23. The van der Waals surface area contributed by atoms with Crippen LogP contribution in [0.1, 0.15) is 23.7 Å². The minimum absolute atomic E-state index is 0.00250. The minimum Gasteiger partial charge on any atom is -0.497 e. The second-order valence-electron chi connectivity index (χ2n) is 5.96. The standard InChI is InChI=1S/C19H22N2O5S/c1-14(22)15-4-6-16(7-5-15)20-19(23)12-13-21(27(3,24)25)17-8-10-18(26-2)11-9-17/h4-11H,12-13H2,1-3H3,(H,20,23). The number of hydrogen-bond acceptors (Lipinski definition) is 5. The number of rotatable bonds is 8. The first-order valence-corrected chi connectivity index (χ1v) is 10.1. The van der Waals surface area contributed by atoms with E-state index in [2.05, 4.69) is 5.32 Å². The third kappa shape index (κ3) is 5.82.